The highest BCUT2D eigenvalue weighted by Crippen LogP contribution is 2.11. The Balaban J connectivity index is 2.05. The van der Waals surface area contributed by atoms with Gasteiger partial charge in [0.2, 0.25) is 0 Å². The molecule has 0 aliphatic rings. The second-order valence-corrected chi connectivity index (χ2v) is 4.74. The maximum absolute atomic E-state index is 11.0. The molecule has 0 atom stereocenters. The lowest BCUT2D eigenvalue weighted by Gasteiger charge is -2.03. The Bertz CT molecular complexity index is 362. The number of carbonyl (C=O) groups is 2. The van der Waals surface area contributed by atoms with E-state index in [1.54, 1.807) is 11.8 Å². The molecule has 0 bridgehead atoms. The second-order valence-electron chi connectivity index (χ2n) is 3.64. The monoisotopic (exact) mass is 252 g/mol. The van der Waals surface area contributed by atoms with Gasteiger partial charge in [-0.2, -0.15) is 11.8 Å². The summed E-state index contributed by atoms with van der Waals surface area (Å²) in [4.78, 5) is 21.7. The van der Waals surface area contributed by atoms with E-state index in [1.807, 2.05) is 18.2 Å². The predicted molar refractivity (Wildman–Crippen MR) is 68.9 cm³/mol. The van der Waals surface area contributed by atoms with E-state index in [0.717, 1.165) is 11.5 Å². The van der Waals surface area contributed by atoms with Crippen molar-refractivity contribution >= 4 is 23.5 Å². The lowest BCUT2D eigenvalue weighted by molar-refractivity contribution is -0.145. The van der Waals surface area contributed by atoms with Crippen LogP contribution in [0.5, 0.6) is 0 Å². The van der Waals surface area contributed by atoms with Crippen LogP contribution in [0.2, 0.25) is 0 Å². The highest BCUT2D eigenvalue weighted by atomic mass is 32.2. The Morgan fingerprint density at radius 3 is 2.59 bits per heavy atom. The van der Waals surface area contributed by atoms with Crippen molar-refractivity contribution in [2.24, 2.45) is 0 Å². The lowest BCUT2D eigenvalue weighted by Crippen LogP contribution is -2.10. The van der Waals surface area contributed by atoms with Crippen molar-refractivity contribution in [2.75, 3.05) is 12.4 Å². The molecular weight excluding hydrogens is 236 g/mol. The quantitative estimate of drug-likeness (QED) is 0.425. The third-order valence-corrected chi connectivity index (χ3v) is 2.99. The Morgan fingerprint density at radius 2 is 1.94 bits per heavy atom. The zero-order valence-corrected chi connectivity index (χ0v) is 10.7. The van der Waals surface area contributed by atoms with Crippen LogP contribution in [0.3, 0.4) is 0 Å². The number of hydrogen-bond donors (Lipinski definition) is 0. The molecule has 0 radical (unpaired) electrons. The zero-order chi connectivity index (χ0) is 12.5. The first-order chi connectivity index (χ1) is 8.18. The van der Waals surface area contributed by atoms with Crippen molar-refractivity contribution in [1.82, 2.24) is 0 Å². The molecule has 0 saturated heterocycles. The molecule has 92 valence electrons. The molecule has 0 spiro atoms. The number of Topliss-reactive ketones (excluding diaryl/α,β-unsaturated/α-hetero) is 1. The lowest BCUT2D eigenvalue weighted by atomic mass is 10.2. The van der Waals surface area contributed by atoms with E-state index < -0.39 is 5.97 Å². The summed E-state index contributed by atoms with van der Waals surface area (Å²) in [6, 6.07) is 10.1. The fourth-order valence-corrected chi connectivity index (χ4v) is 2.01. The van der Waals surface area contributed by atoms with Gasteiger partial charge in [0.1, 0.15) is 18.8 Å². The number of ketones is 1. The van der Waals surface area contributed by atoms with Crippen LogP contribution in [0, 0.1) is 0 Å². The van der Waals surface area contributed by atoms with Gasteiger partial charge in [-0.05, 0) is 12.5 Å². The van der Waals surface area contributed by atoms with Gasteiger partial charge < -0.3 is 4.74 Å². The summed E-state index contributed by atoms with van der Waals surface area (Å²) >= 11 is 1.71. The first-order valence-electron chi connectivity index (χ1n) is 5.45. The standard InChI is InChI=1S/C13H16O3S/c1-11(14)9-13(15)16-7-8-17-10-12-5-3-2-4-6-12/h2-6H,7-10H2,1H3. The zero-order valence-electron chi connectivity index (χ0n) is 9.85. The highest BCUT2D eigenvalue weighted by molar-refractivity contribution is 7.98. The molecule has 0 aliphatic heterocycles. The Hall–Kier alpha value is -1.29. The van der Waals surface area contributed by atoms with Crippen LogP contribution in [-0.4, -0.2) is 24.1 Å². The second kappa shape index (κ2) is 7.90. The molecule has 0 heterocycles. The fourth-order valence-electron chi connectivity index (χ4n) is 1.23. The van der Waals surface area contributed by atoms with Crippen LogP contribution in [-0.2, 0) is 20.1 Å². The van der Waals surface area contributed by atoms with E-state index in [1.165, 1.54) is 12.5 Å². The first kappa shape index (κ1) is 13.8. The topological polar surface area (TPSA) is 43.4 Å². The van der Waals surface area contributed by atoms with Crippen molar-refractivity contribution < 1.29 is 14.3 Å². The molecule has 0 fully saturated rings. The minimum Gasteiger partial charge on any atom is -0.464 e. The fraction of sp³-hybridized carbons (Fsp3) is 0.385. The van der Waals surface area contributed by atoms with Crippen molar-refractivity contribution in [1.29, 1.82) is 0 Å². The van der Waals surface area contributed by atoms with Gasteiger partial charge in [-0.1, -0.05) is 30.3 Å². The van der Waals surface area contributed by atoms with Crippen molar-refractivity contribution in [3.8, 4) is 0 Å². The molecule has 0 saturated carbocycles. The predicted octanol–water partition coefficient (Wildman–Crippen LogP) is 2.44. The summed E-state index contributed by atoms with van der Waals surface area (Å²) in [5.74, 6) is 1.06. The van der Waals surface area contributed by atoms with Gasteiger partial charge >= 0.3 is 5.97 Å². The Morgan fingerprint density at radius 1 is 1.24 bits per heavy atom. The highest BCUT2D eigenvalue weighted by Gasteiger charge is 2.05. The first-order valence-corrected chi connectivity index (χ1v) is 6.60. The number of hydrogen-bond acceptors (Lipinski definition) is 4. The van der Waals surface area contributed by atoms with E-state index in [9.17, 15) is 9.59 Å². The average molecular weight is 252 g/mol. The minimum atomic E-state index is -0.433. The third kappa shape index (κ3) is 6.79. The molecule has 0 aliphatic carbocycles. The van der Waals surface area contributed by atoms with Gasteiger partial charge in [0, 0.05) is 11.5 Å². The van der Waals surface area contributed by atoms with E-state index in [2.05, 4.69) is 12.1 Å². The molecular formula is C13H16O3S. The van der Waals surface area contributed by atoms with Gasteiger partial charge in [-0.15, -0.1) is 0 Å². The number of carbonyl (C=O) groups excluding carboxylic acids is 2. The van der Waals surface area contributed by atoms with Crippen LogP contribution in [0.4, 0.5) is 0 Å². The average Bonchev–Trinajstić information content (AvgIpc) is 2.29. The summed E-state index contributed by atoms with van der Waals surface area (Å²) in [5.41, 5.74) is 1.26. The largest absolute Gasteiger partial charge is 0.464 e. The van der Waals surface area contributed by atoms with Crippen molar-refractivity contribution in [3.05, 3.63) is 35.9 Å². The SMILES string of the molecule is CC(=O)CC(=O)OCCSCc1ccccc1. The van der Waals surface area contributed by atoms with Crippen LogP contribution >= 0.6 is 11.8 Å². The van der Waals surface area contributed by atoms with Gasteiger partial charge in [-0.3, -0.25) is 9.59 Å². The maximum Gasteiger partial charge on any atom is 0.313 e. The number of rotatable bonds is 7. The summed E-state index contributed by atoms with van der Waals surface area (Å²) in [5, 5.41) is 0. The minimum absolute atomic E-state index is 0.122. The molecule has 0 amide bonds. The van der Waals surface area contributed by atoms with Crippen molar-refractivity contribution in [2.45, 2.75) is 19.1 Å². The molecule has 0 aromatic heterocycles. The van der Waals surface area contributed by atoms with E-state index in [-0.39, 0.29) is 12.2 Å². The van der Waals surface area contributed by atoms with Gasteiger partial charge in [0.25, 0.3) is 0 Å². The summed E-state index contributed by atoms with van der Waals surface area (Å²) in [6.45, 7) is 1.75. The summed E-state index contributed by atoms with van der Waals surface area (Å²) < 4.78 is 4.91. The molecule has 0 unspecified atom stereocenters. The van der Waals surface area contributed by atoms with E-state index in [4.69, 9.17) is 4.74 Å². The number of esters is 1. The number of ether oxygens (including phenoxy) is 1. The molecule has 1 aromatic rings. The van der Waals surface area contributed by atoms with Crippen LogP contribution in [0.1, 0.15) is 18.9 Å². The van der Waals surface area contributed by atoms with Crippen LogP contribution in [0.15, 0.2) is 30.3 Å². The summed E-state index contributed by atoms with van der Waals surface area (Å²) in [6.07, 6.45) is -0.122. The van der Waals surface area contributed by atoms with E-state index in [0.29, 0.717) is 6.61 Å². The van der Waals surface area contributed by atoms with Gasteiger partial charge in [-0.25, -0.2) is 0 Å². The molecule has 3 nitrogen and oxygen atoms in total. The Labute approximate surface area is 106 Å². The van der Waals surface area contributed by atoms with E-state index >= 15 is 0 Å². The number of benzene rings is 1. The van der Waals surface area contributed by atoms with Gasteiger partial charge in [0.05, 0.1) is 0 Å². The molecule has 4 heteroatoms. The normalized spacial score (nSPS) is 9.94. The molecule has 1 aromatic carbocycles. The maximum atomic E-state index is 11.0. The molecule has 17 heavy (non-hydrogen) atoms. The third-order valence-electron chi connectivity index (χ3n) is 2.00. The Kier molecular flexibility index (Phi) is 6.40. The molecule has 0 N–H and O–H groups in total. The number of thioether (sulfide) groups is 1. The van der Waals surface area contributed by atoms with Crippen LogP contribution < -0.4 is 0 Å². The molecule has 1 rings (SSSR count). The summed E-state index contributed by atoms with van der Waals surface area (Å²) in [7, 11) is 0. The van der Waals surface area contributed by atoms with Crippen molar-refractivity contribution in [3.63, 3.8) is 0 Å². The van der Waals surface area contributed by atoms with Crippen LogP contribution in [0.25, 0.3) is 0 Å². The van der Waals surface area contributed by atoms with Gasteiger partial charge in [0.15, 0.2) is 0 Å². The smallest absolute Gasteiger partial charge is 0.313 e.